The first-order valence-corrected chi connectivity index (χ1v) is 27.3. The van der Waals surface area contributed by atoms with Crippen molar-refractivity contribution in [3.05, 3.63) is 312 Å². The van der Waals surface area contributed by atoms with Crippen LogP contribution in [0.1, 0.15) is 47.2 Å². The summed E-state index contributed by atoms with van der Waals surface area (Å²) in [4.78, 5) is 2.51. The quantitative estimate of drug-likeness (QED) is 0.145. The molecule has 0 saturated carbocycles. The van der Waals surface area contributed by atoms with Crippen LogP contribution in [0.5, 0.6) is 0 Å². The van der Waals surface area contributed by atoms with Crippen LogP contribution < -0.4 is 4.90 Å². The molecule has 14 aromatic rings. The molecule has 0 spiro atoms. The number of hydrogen-bond acceptors (Lipinski definition) is 1. The van der Waals surface area contributed by atoms with Crippen molar-refractivity contribution in [2.45, 2.75) is 24.7 Å². The predicted octanol–water partition coefficient (Wildman–Crippen LogP) is 20.0. The highest BCUT2D eigenvalue weighted by molar-refractivity contribution is 6.16. The fourth-order valence-corrected chi connectivity index (χ4v) is 14.1. The Hall–Kier alpha value is -9.76. The SMILES string of the molecule is CC1(C)c2cc(-c3ccc4c(c3)c3ccccc3n4-c3ccc4c(c3)C(c3ccccc3)(c3ccccc3)c3ccccc3-4)ccc2-c2ccc(N(c3cccc4ccccc34)c3cc4ccccc4c4ccccc34)cc21. The van der Waals surface area contributed by atoms with E-state index >= 15 is 0 Å². The second-order valence-corrected chi connectivity index (χ2v) is 22.0. The van der Waals surface area contributed by atoms with Gasteiger partial charge in [0.05, 0.1) is 27.8 Å². The molecule has 0 unspecified atom stereocenters. The van der Waals surface area contributed by atoms with Gasteiger partial charge >= 0.3 is 0 Å². The molecule has 0 amide bonds. The number of benzene rings is 13. The highest BCUT2D eigenvalue weighted by atomic mass is 15.1. The average Bonchev–Trinajstić information content (AvgIpc) is 4.17. The fourth-order valence-electron chi connectivity index (χ4n) is 14.1. The van der Waals surface area contributed by atoms with Gasteiger partial charge in [0.2, 0.25) is 0 Å². The molecule has 2 heteroatoms. The molecule has 78 heavy (non-hydrogen) atoms. The maximum atomic E-state index is 2.51. The summed E-state index contributed by atoms with van der Waals surface area (Å²) in [7, 11) is 0. The molecule has 16 rings (SSSR count). The normalized spacial score (nSPS) is 13.7. The zero-order valence-corrected chi connectivity index (χ0v) is 43.5. The minimum Gasteiger partial charge on any atom is -0.309 e. The smallest absolute Gasteiger partial charge is 0.0714 e. The van der Waals surface area contributed by atoms with E-state index in [0.717, 1.165) is 17.1 Å². The van der Waals surface area contributed by atoms with E-state index < -0.39 is 5.41 Å². The first kappa shape index (κ1) is 44.5. The lowest BCUT2D eigenvalue weighted by atomic mass is 9.67. The Balaban J connectivity index is 0.819. The summed E-state index contributed by atoms with van der Waals surface area (Å²) < 4.78 is 2.49. The van der Waals surface area contributed by atoms with Crippen LogP contribution in [0.3, 0.4) is 0 Å². The predicted molar refractivity (Wildman–Crippen MR) is 328 cm³/mol. The van der Waals surface area contributed by atoms with Gasteiger partial charge in [-0.1, -0.05) is 232 Å². The first-order valence-electron chi connectivity index (χ1n) is 27.3. The molecule has 0 saturated heterocycles. The topological polar surface area (TPSA) is 8.17 Å². The highest BCUT2D eigenvalue weighted by Crippen LogP contribution is 2.57. The number of rotatable bonds is 7. The van der Waals surface area contributed by atoms with Gasteiger partial charge in [-0.25, -0.2) is 0 Å². The van der Waals surface area contributed by atoms with Crippen molar-refractivity contribution >= 4 is 71.2 Å². The Morgan fingerprint density at radius 2 is 0.859 bits per heavy atom. The lowest BCUT2D eigenvalue weighted by molar-refractivity contribution is 0.660. The maximum absolute atomic E-state index is 2.51. The molecule has 2 aliphatic carbocycles. The van der Waals surface area contributed by atoms with Crippen LogP contribution >= 0.6 is 0 Å². The molecule has 0 aliphatic heterocycles. The monoisotopic (exact) mass is 992 g/mol. The van der Waals surface area contributed by atoms with Crippen molar-refractivity contribution in [2.24, 2.45) is 0 Å². The van der Waals surface area contributed by atoms with Gasteiger partial charge in [-0.15, -0.1) is 0 Å². The lowest BCUT2D eigenvalue weighted by Gasteiger charge is -2.34. The van der Waals surface area contributed by atoms with E-state index in [4.69, 9.17) is 0 Å². The van der Waals surface area contributed by atoms with Crippen molar-refractivity contribution in [3.8, 4) is 39.1 Å². The van der Waals surface area contributed by atoms with Gasteiger partial charge in [0.15, 0.2) is 0 Å². The third-order valence-electron chi connectivity index (χ3n) is 17.6. The summed E-state index contributed by atoms with van der Waals surface area (Å²) in [6.07, 6.45) is 0. The van der Waals surface area contributed by atoms with Gasteiger partial charge in [0.25, 0.3) is 0 Å². The first-order chi connectivity index (χ1) is 38.4. The van der Waals surface area contributed by atoms with Crippen molar-refractivity contribution in [2.75, 3.05) is 4.90 Å². The Kier molecular flexibility index (Phi) is 9.63. The minimum atomic E-state index is -0.485. The van der Waals surface area contributed by atoms with E-state index in [9.17, 15) is 0 Å². The van der Waals surface area contributed by atoms with Crippen molar-refractivity contribution in [3.63, 3.8) is 0 Å². The molecule has 1 aromatic heterocycles. The number of nitrogens with zero attached hydrogens (tertiary/aromatic N) is 2. The van der Waals surface area contributed by atoms with Crippen LogP contribution in [0.2, 0.25) is 0 Å². The molecule has 0 atom stereocenters. The van der Waals surface area contributed by atoms with Gasteiger partial charge in [0, 0.05) is 38.3 Å². The molecule has 2 nitrogen and oxygen atoms in total. The van der Waals surface area contributed by atoms with Gasteiger partial charge in [0.1, 0.15) is 0 Å². The van der Waals surface area contributed by atoms with E-state index in [1.54, 1.807) is 0 Å². The second kappa shape index (κ2) is 16.9. The molecule has 0 bridgehead atoms. The Morgan fingerprint density at radius 3 is 1.65 bits per heavy atom. The van der Waals surface area contributed by atoms with Crippen LogP contribution in [0.4, 0.5) is 17.1 Å². The molecule has 0 fully saturated rings. The minimum absolute atomic E-state index is 0.269. The Labute approximate surface area is 454 Å². The van der Waals surface area contributed by atoms with Gasteiger partial charge in [-0.05, 0) is 149 Å². The maximum Gasteiger partial charge on any atom is 0.0714 e. The third-order valence-corrected chi connectivity index (χ3v) is 17.6. The molecule has 366 valence electrons. The summed E-state index contributed by atoms with van der Waals surface area (Å²) in [6.45, 7) is 4.82. The number of anilines is 3. The average molecular weight is 993 g/mol. The molecular weight excluding hydrogens is 941 g/mol. The number of fused-ring (bicyclic) bond motifs is 13. The van der Waals surface area contributed by atoms with Crippen LogP contribution in [-0.2, 0) is 10.8 Å². The number of para-hydroxylation sites is 1. The third kappa shape index (κ3) is 6.32. The van der Waals surface area contributed by atoms with Gasteiger partial charge < -0.3 is 9.47 Å². The summed E-state index contributed by atoms with van der Waals surface area (Å²) >= 11 is 0. The summed E-state index contributed by atoms with van der Waals surface area (Å²) in [5.41, 5.74) is 21.7. The Bertz CT molecular complexity index is 4730. The summed E-state index contributed by atoms with van der Waals surface area (Å²) in [5.74, 6) is 0. The fraction of sp³-hybridized carbons (Fsp3) is 0.0526. The van der Waals surface area contributed by atoms with E-state index in [1.807, 2.05) is 0 Å². The largest absolute Gasteiger partial charge is 0.309 e. The van der Waals surface area contributed by atoms with E-state index in [0.29, 0.717) is 0 Å². The van der Waals surface area contributed by atoms with Crippen LogP contribution in [-0.4, -0.2) is 4.57 Å². The van der Waals surface area contributed by atoms with Crippen molar-refractivity contribution in [1.82, 2.24) is 4.57 Å². The summed E-state index contributed by atoms with van der Waals surface area (Å²) in [6, 6.07) is 104. The van der Waals surface area contributed by atoms with Crippen molar-refractivity contribution < 1.29 is 0 Å². The standard InChI is InChI=1S/C76H52N2/c1-75(2)68-45-51(36-40-61(68)62-41-38-55(47-69(62)75)78(71-35-19-22-49-20-9-12-28-58(49)71)74-46-52-21-10-11-27-57(52)59-29-13-14-31-64(59)74)50-37-43-73-66(44-50)65-32-16-18-34-72(65)77(73)56-39-42-63-60-30-15-17-33-67(60)76(70(63)48-56,53-23-5-3-6-24-53)54-25-7-4-8-26-54/h3-48H,1-2H3. The van der Waals surface area contributed by atoms with Gasteiger partial charge in [-0.2, -0.15) is 0 Å². The zero-order valence-electron chi connectivity index (χ0n) is 43.5. The second-order valence-electron chi connectivity index (χ2n) is 22.0. The zero-order chi connectivity index (χ0) is 51.7. The molecule has 0 radical (unpaired) electrons. The molecule has 0 N–H and O–H groups in total. The van der Waals surface area contributed by atoms with Crippen LogP contribution in [0.15, 0.2) is 279 Å². The van der Waals surface area contributed by atoms with E-state index in [2.05, 4.69) is 302 Å². The molecule has 2 aliphatic rings. The van der Waals surface area contributed by atoms with Crippen LogP contribution in [0.25, 0.3) is 93.2 Å². The number of hydrogen-bond donors (Lipinski definition) is 0. The molecule has 13 aromatic carbocycles. The molecular formula is C76H52N2. The lowest BCUT2D eigenvalue weighted by Crippen LogP contribution is -2.28. The van der Waals surface area contributed by atoms with E-state index in [1.165, 1.54) is 127 Å². The summed E-state index contributed by atoms with van der Waals surface area (Å²) in [5, 5.41) is 9.89. The van der Waals surface area contributed by atoms with Crippen LogP contribution in [0, 0.1) is 0 Å². The molecule has 1 heterocycles. The van der Waals surface area contributed by atoms with E-state index in [-0.39, 0.29) is 5.41 Å². The highest BCUT2D eigenvalue weighted by Gasteiger charge is 2.46. The Morgan fingerprint density at radius 1 is 0.308 bits per heavy atom. The van der Waals surface area contributed by atoms with Gasteiger partial charge in [-0.3, -0.25) is 0 Å². The number of aromatic nitrogens is 1. The van der Waals surface area contributed by atoms with Crippen molar-refractivity contribution in [1.29, 1.82) is 0 Å².